The zero-order valence-corrected chi connectivity index (χ0v) is 9.29. The van der Waals surface area contributed by atoms with E-state index >= 15 is 0 Å². The maximum atomic E-state index is 13.2. The van der Waals surface area contributed by atoms with Gasteiger partial charge in [0.2, 0.25) is 5.95 Å². The van der Waals surface area contributed by atoms with E-state index in [9.17, 15) is 9.18 Å². The summed E-state index contributed by atoms with van der Waals surface area (Å²) >= 11 is 0. The standard InChI is InChI=1S/C12H15FN2O/c1-2-12(5-6-12)8-15-11(16)9-4-3-7-14-10(9)13/h3-4,7H,2,5-6,8H2,1H3,(H,15,16). The van der Waals surface area contributed by atoms with Gasteiger partial charge in [-0.15, -0.1) is 0 Å². The first-order valence-electron chi connectivity index (χ1n) is 5.56. The van der Waals surface area contributed by atoms with Gasteiger partial charge in [-0.3, -0.25) is 4.79 Å². The Kier molecular flexibility index (Phi) is 2.90. The molecule has 1 amide bonds. The van der Waals surface area contributed by atoms with E-state index in [1.165, 1.54) is 12.3 Å². The number of halogens is 1. The second kappa shape index (κ2) is 4.20. The summed E-state index contributed by atoms with van der Waals surface area (Å²) < 4.78 is 13.2. The summed E-state index contributed by atoms with van der Waals surface area (Å²) in [7, 11) is 0. The van der Waals surface area contributed by atoms with Crippen LogP contribution in [-0.4, -0.2) is 17.4 Å². The normalized spacial score (nSPS) is 16.9. The van der Waals surface area contributed by atoms with Gasteiger partial charge in [-0.1, -0.05) is 6.92 Å². The first-order chi connectivity index (χ1) is 7.67. The van der Waals surface area contributed by atoms with Crippen LogP contribution in [0.15, 0.2) is 18.3 Å². The lowest BCUT2D eigenvalue weighted by Crippen LogP contribution is -2.30. The minimum absolute atomic E-state index is 0.0226. The maximum absolute atomic E-state index is 13.2. The van der Waals surface area contributed by atoms with Crippen LogP contribution in [0.5, 0.6) is 0 Å². The predicted octanol–water partition coefficient (Wildman–Crippen LogP) is 2.14. The highest BCUT2D eigenvalue weighted by atomic mass is 19.1. The molecule has 0 atom stereocenters. The summed E-state index contributed by atoms with van der Waals surface area (Å²) in [4.78, 5) is 15.1. The molecule has 0 radical (unpaired) electrons. The highest BCUT2D eigenvalue weighted by Crippen LogP contribution is 2.47. The molecule has 0 spiro atoms. The number of pyridine rings is 1. The van der Waals surface area contributed by atoms with E-state index in [1.54, 1.807) is 6.07 Å². The smallest absolute Gasteiger partial charge is 0.255 e. The van der Waals surface area contributed by atoms with E-state index in [0.717, 1.165) is 19.3 Å². The van der Waals surface area contributed by atoms with Crippen molar-refractivity contribution in [1.82, 2.24) is 10.3 Å². The fourth-order valence-corrected chi connectivity index (χ4v) is 1.75. The molecule has 16 heavy (non-hydrogen) atoms. The topological polar surface area (TPSA) is 42.0 Å². The second-order valence-corrected chi connectivity index (χ2v) is 4.38. The molecule has 1 aromatic heterocycles. The third-order valence-corrected chi connectivity index (χ3v) is 3.33. The molecule has 2 rings (SSSR count). The van der Waals surface area contributed by atoms with Crippen molar-refractivity contribution in [3.05, 3.63) is 29.8 Å². The number of nitrogens with zero attached hydrogens (tertiary/aromatic N) is 1. The van der Waals surface area contributed by atoms with Crippen molar-refractivity contribution in [3.8, 4) is 0 Å². The number of rotatable bonds is 4. The van der Waals surface area contributed by atoms with Gasteiger partial charge in [0.25, 0.3) is 5.91 Å². The number of nitrogens with one attached hydrogen (secondary N) is 1. The summed E-state index contributed by atoms with van der Waals surface area (Å²) in [5.74, 6) is -1.08. The average Bonchev–Trinajstić information content (AvgIpc) is 3.07. The third kappa shape index (κ3) is 2.21. The first-order valence-corrected chi connectivity index (χ1v) is 5.56. The van der Waals surface area contributed by atoms with Crippen LogP contribution in [0, 0.1) is 11.4 Å². The zero-order chi connectivity index (χ0) is 11.6. The SMILES string of the molecule is CCC1(CNC(=O)c2cccnc2F)CC1. The minimum Gasteiger partial charge on any atom is -0.351 e. The minimum atomic E-state index is -0.707. The van der Waals surface area contributed by atoms with Crippen molar-refractivity contribution in [2.24, 2.45) is 5.41 Å². The van der Waals surface area contributed by atoms with Gasteiger partial charge in [0.1, 0.15) is 0 Å². The van der Waals surface area contributed by atoms with Crippen molar-refractivity contribution >= 4 is 5.91 Å². The Morgan fingerprint density at radius 3 is 2.94 bits per heavy atom. The summed E-state index contributed by atoms with van der Waals surface area (Å²) in [5, 5.41) is 2.77. The lowest BCUT2D eigenvalue weighted by Gasteiger charge is -2.13. The van der Waals surface area contributed by atoms with Crippen LogP contribution in [0.3, 0.4) is 0 Å². The van der Waals surface area contributed by atoms with Crippen LogP contribution in [-0.2, 0) is 0 Å². The predicted molar refractivity (Wildman–Crippen MR) is 58.5 cm³/mol. The molecular weight excluding hydrogens is 207 g/mol. The monoisotopic (exact) mass is 222 g/mol. The Hall–Kier alpha value is -1.45. The van der Waals surface area contributed by atoms with Crippen molar-refractivity contribution in [1.29, 1.82) is 0 Å². The summed E-state index contributed by atoms with van der Waals surface area (Å²) in [6.07, 6.45) is 4.70. The van der Waals surface area contributed by atoms with E-state index in [1.807, 2.05) is 0 Å². The van der Waals surface area contributed by atoms with E-state index in [4.69, 9.17) is 0 Å². The molecule has 1 aromatic rings. The Morgan fingerprint density at radius 2 is 2.38 bits per heavy atom. The average molecular weight is 222 g/mol. The lowest BCUT2D eigenvalue weighted by atomic mass is 10.0. The summed E-state index contributed by atoms with van der Waals surface area (Å²) in [5.41, 5.74) is 0.295. The molecule has 86 valence electrons. The van der Waals surface area contributed by atoms with Gasteiger partial charge in [-0.05, 0) is 36.8 Å². The molecule has 0 saturated heterocycles. The van der Waals surface area contributed by atoms with E-state index < -0.39 is 5.95 Å². The van der Waals surface area contributed by atoms with Gasteiger partial charge in [-0.25, -0.2) is 4.98 Å². The number of aromatic nitrogens is 1. The molecule has 1 fully saturated rings. The molecule has 0 aromatic carbocycles. The van der Waals surface area contributed by atoms with Crippen molar-refractivity contribution in [3.63, 3.8) is 0 Å². The molecule has 0 bridgehead atoms. The van der Waals surface area contributed by atoms with Crippen LogP contribution in [0.1, 0.15) is 36.5 Å². The molecule has 0 aliphatic heterocycles. The lowest BCUT2D eigenvalue weighted by molar-refractivity contribution is 0.0939. The number of carbonyl (C=O) groups is 1. The highest BCUT2D eigenvalue weighted by molar-refractivity contribution is 5.94. The van der Waals surface area contributed by atoms with Gasteiger partial charge in [0, 0.05) is 12.7 Å². The van der Waals surface area contributed by atoms with Crippen LogP contribution >= 0.6 is 0 Å². The van der Waals surface area contributed by atoms with Crippen LogP contribution in [0.2, 0.25) is 0 Å². The summed E-state index contributed by atoms with van der Waals surface area (Å²) in [6, 6.07) is 3.01. The van der Waals surface area contributed by atoms with Gasteiger partial charge < -0.3 is 5.32 Å². The molecule has 1 aliphatic rings. The summed E-state index contributed by atoms with van der Waals surface area (Å²) in [6.45, 7) is 2.75. The van der Waals surface area contributed by atoms with Gasteiger partial charge >= 0.3 is 0 Å². The number of carbonyl (C=O) groups excluding carboxylic acids is 1. The van der Waals surface area contributed by atoms with E-state index in [0.29, 0.717) is 6.54 Å². The Labute approximate surface area is 94.1 Å². The number of hydrogen-bond acceptors (Lipinski definition) is 2. The molecule has 1 N–H and O–H groups in total. The van der Waals surface area contributed by atoms with Crippen LogP contribution < -0.4 is 5.32 Å². The van der Waals surface area contributed by atoms with Crippen LogP contribution in [0.4, 0.5) is 4.39 Å². The largest absolute Gasteiger partial charge is 0.351 e. The van der Waals surface area contributed by atoms with Crippen LogP contribution in [0.25, 0.3) is 0 Å². The van der Waals surface area contributed by atoms with Gasteiger partial charge in [0.15, 0.2) is 0 Å². The zero-order valence-electron chi connectivity index (χ0n) is 9.29. The highest BCUT2D eigenvalue weighted by Gasteiger charge is 2.40. The van der Waals surface area contributed by atoms with Gasteiger partial charge in [-0.2, -0.15) is 4.39 Å². The fraction of sp³-hybridized carbons (Fsp3) is 0.500. The molecule has 1 aliphatic carbocycles. The van der Waals surface area contributed by atoms with E-state index in [-0.39, 0.29) is 16.9 Å². The molecule has 0 unspecified atom stereocenters. The quantitative estimate of drug-likeness (QED) is 0.793. The van der Waals surface area contributed by atoms with Crippen molar-refractivity contribution in [2.45, 2.75) is 26.2 Å². The van der Waals surface area contributed by atoms with Crippen molar-refractivity contribution in [2.75, 3.05) is 6.54 Å². The first kappa shape index (κ1) is 11.0. The molecule has 1 heterocycles. The number of amides is 1. The molecule has 3 nitrogen and oxygen atoms in total. The Morgan fingerprint density at radius 1 is 1.62 bits per heavy atom. The van der Waals surface area contributed by atoms with E-state index in [2.05, 4.69) is 17.2 Å². The molecule has 1 saturated carbocycles. The molecular formula is C12H15FN2O. The third-order valence-electron chi connectivity index (χ3n) is 3.33. The maximum Gasteiger partial charge on any atom is 0.255 e. The Balaban J connectivity index is 1.96. The number of hydrogen-bond donors (Lipinski definition) is 1. The second-order valence-electron chi connectivity index (χ2n) is 4.38. The molecule has 4 heteroatoms. The van der Waals surface area contributed by atoms with Crippen molar-refractivity contribution < 1.29 is 9.18 Å². The fourth-order valence-electron chi connectivity index (χ4n) is 1.75. The Bertz CT molecular complexity index is 402. The van der Waals surface area contributed by atoms with Gasteiger partial charge in [0.05, 0.1) is 5.56 Å².